The number of hydrogen-bond acceptors (Lipinski definition) is 3. The van der Waals surface area contributed by atoms with Crippen LogP contribution in [0.4, 0.5) is 0 Å². The molecule has 0 fully saturated rings. The Bertz CT molecular complexity index is 238. The van der Waals surface area contributed by atoms with Crippen LogP contribution in [-0.2, 0) is 4.79 Å². The van der Waals surface area contributed by atoms with Crippen molar-refractivity contribution in [2.24, 2.45) is 11.7 Å². The molecule has 0 aliphatic rings. The predicted molar refractivity (Wildman–Crippen MR) is 66.5 cm³/mol. The lowest BCUT2D eigenvalue weighted by atomic mass is 10.1. The second-order valence-electron chi connectivity index (χ2n) is 4.53. The van der Waals surface area contributed by atoms with E-state index in [4.69, 9.17) is 11.1 Å². The summed E-state index contributed by atoms with van der Waals surface area (Å²) in [7, 11) is 0. The lowest BCUT2D eigenvalue weighted by molar-refractivity contribution is -0.123. The first-order valence-electron chi connectivity index (χ1n) is 5.69. The highest BCUT2D eigenvalue weighted by molar-refractivity contribution is 5.82. The molecule has 0 saturated carbocycles. The van der Waals surface area contributed by atoms with Gasteiger partial charge in [0.25, 0.3) is 0 Å². The predicted octanol–water partition coefficient (Wildman–Crippen LogP) is 0.405. The Morgan fingerprint density at radius 1 is 1.38 bits per heavy atom. The standard InChI is InChI=1S/C11H24N4O/c1-8(2)10(16)7-15(9(3)4)6-5-14-11(12)13/h8-9H,5-7H2,1-4H3,(H4,12,13,14). The number of carbonyl (C=O) groups is 1. The van der Waals surface area contributed by atoms with Gasteiger partial charge in [0.1, 0.15) is 5.78 Å². The Hall–Kier alpha value is -1.10. The quantitative estimate of drug-likeness (QED) is 0.435. The second-order valence-corrected chi connectivity index (χ2v) is 4.53. The first-order valence-corrected chi connectivity index (χ1v) is 5.69. The Morgan fingerprint density at radius 3 is 2.31 bits per heavy atom. The van der Waals surface area contributed by atoms with Gasteiger partial charge in [-0.05, 0) is 13.8 Å². The van der Waals surface area contributed by atoms with Gasteiger partial charge >= 0.3 is 0 Å². The summed E-state index contributed by atoms with van der Waals surface area (Å²) in [6.07, 6.45) is 0. The van der Waals surface area contributed by atoms with Crippen LogP contribution in [-0.4, -0.2) is 42.3 Å². The molecule has 4 N–H and O–H groups in total. The molecule has 0 bridgehead atoms. The van der Waals surface area contributed by atoms with Crippen molar-refractivity contribution in [1.82, 2.24) is 10.2 Å². The summed E-state index contributed by atoms with van der Waals surface area (Å²) in [6, 6.07) is 0.316. The van der Waals surface area contributed by atoms with Crippen LogP contribution in [0.1, 0.15) is 27.7 Å². The molecule has 0 amide bonds. The van der Waals surface area contributed by atoms with Gasteiger partial charge in [-0.1, -0.05) is 13.8 Å². The fraction of sp³-hybridized carbons (Fsp3) is 0.818. The van der Waals surface area contributed by atoms with Gasteiger partial charge in [0, 0.05) is 25.0 Å². The third-order valence-corrected chi connectivity index (χ3v) is 2.45. The molecule has 0 aromatic heterocycles. The number of nitrogens with one attached hydrogen (secondary N) is 2. The minimum Gasteiger partial charge on any atom is -0.370 e. The maximum absolute atomic E-state index is 11.6. The molecule has 5 heteroatoms. The van der Waals surface area contributed by atoms with Crippen LogP contribution >= 0.6 is 0 Å². The van der Waals surface area contributed by atoms with Crippen LogP contribution in [0.15, 0.2) is 0 Å². The minimum absolute atomic E-state index is 0.0288. The molecule has 0 radical (unpaired) electrons. The number of nitrogens with two attached hydrogens (primary N) is 1. The van der Waals surface area contributed by atoms with Crippen LogP contribution in [0.25, 0.3) is 0 Å². The van der Waals surface area contributed by atoms with Gasteiger partial charge in [0.15, 0.2) is 5.96 Å². The zero-order valence-corrected chi connectivity index (χ0v) is 10.7. The highest BCUT2D eigenvalue weighted by Crippen LogP contribution is 2.02. The van der Waals surface area contributed by atoms with Crippen molar-refractivity contribution in [3.8, 4) is 0 Å². The molecule has 0 atom stereocenters. The maximum Gasteiger partial charge on any atom is 0.185 e. The van der Waals surface area contributed by atoms with Crippen molar-refractivity contribution >= 4 is 11.7 Å². The Balaban J connectivity index is 4.08. The summed E-state index contributed by atoms with van der Waals surface area (Å²) in [5.41, 5.74) is 5.19. The molecule has 0 aromatic rings. The molecule has 16 heavy (non-hydrogen) atoms. The van der Waals surface area contributed by atoms with E-state index in [1.54, 1.807) is 0 Å². The number of rotatable bonds is 7. The third kappa shape index (κ3) is 6.40. The van der Waals surface area contributed by atoms with Gasteiger partial charge in [-0.15, -0.1) is 0 Å². The van der Waals surface area contributed by atoms with Crippen LogP contribution in [0.2, 0.25) is 0 Å². The zero-order valence-electron chi connectivity index (χ0n) is 10.7. The molecule has 5 nitrogen and oxygen atoms in total. The summed E-state index contributed by atoms with van der Waals surface area (Å²) in [5, 5.41) is 9.78. The molecule has 0 spiro atoms. The first-order chi connectivity index (χ1) is 7.34. The van der Waals surface area contributed by atoms with Gasteiger partial charge in [-0.3, -0.25) is 15.1 Å². The van der Waals surface area contributed by atoms with Gasteiger partial charge in [-0.2, -0.15) is 0 Å². The molecular weight excluding hydrogens is 204 g/mol. The smallest absolute Gasteiger partial charge is 0.185 e. The third-order valence-electron chi connectivity index (χ3n) is 2.45. The van der Waals surface area contributed by atoms with Crippen LogP contribution in [0, 0.1) is 11.3 Å². The molecule has 0 saturated heterocycles. The number of hydrogen-bond donors (Lipinski definition) is 3. The minimum atomic E-state index is -0.0288. The average molecular weight is 228 g/mol. The molecule has 0 aromatic carbocycles. The van der Waals surface area contributed by atoms with E-state index in [-0.39, 0.29) is 17.7 Å². The number of nitrogens with zero attached hydrogens (tertiary/aromatic N) is 1. The molecule has 0 aliphatic carbocycles. The molecule has 0 unspecified atom stereocenters. The van der Waals surface area contributed by atoms with Crippen molar-refractivity contribution < 1.29 is 4.79 Å². The van der Waals surface area contributed by atoms with E-state index in [2.05, 4.69) is 24.1 Å². The molecule has 0 heterocycles. The normalized spacial score (nSPS) is 11.2. The highest BCUT2D eigenvalue weighted by atomic mass is 16.1. The van der Waals surface area contributed by atoms with Crippen molar-refractivity contribution in [3.05, 3.63) is 0 Å². The van der Waals surface area contributed by atoms with Crippen LogP contribution in [0.3, 0.4) is 0 Å². The molecule has 0 rings (SSSR count). The Kier molecular flexibility index (Phi) is 6.72. The zero-order chi connectivity index (χ0) is 12.7. The van der Waals surface area contributed by atoms with E-state index >= 15 is 0 Å². The van der Waals surface area contributed by atoms with Gasteiger partial charge in [-0.25, -0.2) is 0 Å². The lowest BCUT2D eigenvalue weighted by Crippen LogP contribution is -2.43. The van der Waals surface area contributed by atoms with E-state index in [1.165, 1.54) is 0 Å². The first kappa shape index (κ1) is 14.9. The topological polar surface area (TPSA) is 82.2 Å². The summed E-state index contributed by atoms with van der Waals surface area (Å²) in [6.45, 7) is 9.72. The second kappa shape index (κ2) is 7.22. The van der Waals surface area contributed by atoms with E-state index in [1.807, 2.05) is 13.8 Å². The van der Waals surface area contributed by atoms with Crippen molar-refractivity contribution in [2.75, 3.05) is 19.6 Å². The maximum atomic E-state index is 11.6. The Morgan fingerprint density at radius 2 is 1.94 bits per heavy atom. The number of ketones is 1. The largest absolute Gasteiger partial charge is 0.370 e. The van der Waals surface area contributed by atoms with Crippen LogP contribution < -0.4 is 11.1 Å². The van der Waals surface area contributed by atoms with Crippen LogP contribution in [0.5, 0.6) is 0 Å². The number of guanidine groups is 1. The highest BCUT2D eigenvalue weighted by Gasteiger charge is 2.15. The average Bonchev–Trinajstić information content (AvgIpc) is 2.14. The SMILES string of the molecule is CC(C)C(=O)CN(CCNC(=N)N)C(C)C. The monoisotopic (exact) mass is 228 g/mol. The van der Waals surface area contributed by atoms with Gasteiger partial charge < -0.3 is 11.1 Å². The Labute approximate surface area is 97.9 Å². The molecular formula is C11H24N4O. The summed E-state index contributed by atoms with van der Waals surface area (Å²) in [4.78, 5) is 13.7. The summed E-state index contributed by atoms with van der Waals surface area (Å²) < 4.78 is 0. The number of Topliss-reactive ketones (excluding diaryl/α,β-unsaturated/α-hetero) is 1. The van der Waals surface area contributed by atoms with Crippen molar-refractivity contribution in [2.45, 2.75) is 33.7 Å². The van der Waals surface area contributed by atoms with E-state index in [0.717, 1.165) is 6.54 Å². The van der Waals surface area contributed by atoms with Gasteiger partial charge in [0.05, 0.1) is 6.54 Å². The van der Waals surface area contributed by atoms with E-state index in [9.17, 15) is 4.79 Å². The number of carbonyl (C=O) groups excluding carboxylic acids is 1. The fourth-order valence-electron chi connectivity index (χ4n) is 1.24. The summed E-state index contributed by atoms with van der Waals surface area (Å²) >= 11 is 0. The van der Waals surface area contributed by atoms with Crippen molar-refractivity contribution in [3.63, 3.8) is 0 Å². The molecule has 0 aliphatic heterocycles. The summed E-state index contributed by atoms with van der Waals surface area (Å²) in [5.74, 6) is 0.289. The van der Waals surface area contributed by atoms with E-state index < -0.39 is 0 Å². The lowest BCUT2D eigenvalue weighted by Gasteiger charge is -2.26. The molecule has 94 valence electrons. The van der Waals surface area contributed by atoms with E-state index in [0.29, 0.717) is 19.1 Å². The van der Waals surface area contributed by atoms with Crippen molar-refractivity contribution in [1.29, 1.82) is 5.41 Å². The van der Waals surface area contributed by atoms with Gasteiger partial charge in [0.2, 0.25) is 0 Å². The fourth-order valence-corrected chi connectivity index (χ4v) is 1.24.